The van der Waals surface area contributed by atoms with Crippen molar-refractivity contribution in [2.75, 3.05) is 11.3 Å². The van der Waals surface area contributed by atoms with Gasteiger partial charge >= 0.3 is 22.3 Å². The Labute approximate surface area is 145 Å². The van der Waals surface area contributed by atoms with Crippen LogP contribution in [0.5, 0.6) is 11.5 Å². The SMILES string of the molecule is N#Cc1cc(O)c(O)cc1NS(=O)(=O)NC(=O)N1CC(NC(=O)O)C1=O. The molecule has 0 bridgehead atoms. The molecule has 1 heterocycles. The number of phenolic OH excluding ortho intramolecular Hbond substituents is 2. The fourth-order valence-corrected chi connectivity index (χ4v) is 2.81. The molecule has 0 spiro atoms. The number of likely N-dealkylation sites (tertiary alicyclic amines) is 1. The van der Waals surface area contributed by atoms with Gasteiger partial charge in [-0.25, -0.2) is 14.3 Å². The molecular formula is C12H11N5O8S. The van der Waals surface area contributed by atoms with Gasteiger partial charge in [0.2, 0.25) is 0 Å². The number of hydrogen-bond acceptors (Lipinski definition) is 8. The van der Waals surface area contributed by atoms with Crippen LogP contribution in [-0.4, -0.2) is 59.3 Å². The molecule has 1 aliphatic heterocycles. The first kappa shape index (κ1) is 18.6. The molecule has 26 heavy (non-hydrogen) atoms. The van der Waals surface area contributed by atoms with E-state index in [4.69, 9.17) is 10.4 Å². The third kappa shape index (κ3) is 3.84. The van der Waals surface area contributed by atoms with E-state index in [1.165, 1.54) is 4.72 Å². The van der Waals surface area contributed by atoms with Crippen molar-refractivity contribution in [1.82, 2.24) is 14.9 Å². The lowest BCUT2D eigenvalue weighted by Gasteiger charge is -2.35. The molecule has 0 saturated carbocycles. The lowest BCUT2D eigenvalue weighted by molar-refractivity contribution is -0.138. The molecule has 6 N–H and O–H groups in total. The fourth-order valence-electron chi connectivity index (χ4n) is 1.96. The van der Waals surface area contributed by atoms with Gasteiger partial charge in [0.15, 0.2) is 11.5 Å². The minimum atomic E-state index is -4.61. The Morgan fingerprint density at radius 1 is 1.27 bits per heavy atom. The molecular weight excluding hydrogens is 374 g/mol. The second kappa shape index (κ2) is 6.64. The summed E-state index contributed by atoms with van der Waals surface area (Å²) in [4.78, 5) is 34.3. The second-order valence-electron chi connectivity index (χ2n) is 4.96. The number of carbonyl (C=O) groups is 3. The number of imide groups is 1. The number of carboxylic acid groups (broad SMARTS) is 1. The molecule has 1 atom stereocenters. The second-order valence-corrected chi connectivity index (χ2v) is 6.38. The predicted molar refractivity (Wildman–Crippen MR) is 82.2 cm³/mol. The first-order valence-corrected chi connectivity index (χ1v) is 8.14. The highest BCUT2D eigenvalue weighted by Gasteiger charge is 2.42. The molecule has 14 heteroatoms. The van der Waals surface area contributed by atoms with E-state index < -0.39 is 51.5 Å². The highest BCUT2D eigenvalue weighted by Crippen LogP contribution is 2.31. The maximum Gasteiger partial charge on any atom is 0.405 e. The number of nitriles is 1. The minimum Gasteiger partial charge on any atom is -0.504 e. The largest absolute Gasteiger partial charge is 0.504 e. The quantitative estimate of drug-likeness (QED) is 0.209. The Balaban J connectivity index is 2.07. The average Bonchev–Trinajstić information content (AvgIpc) is 2.52. The number of amides is 4. The first-order valence-electron chi connectivity index (χ1n) is 6.65. The van der Waals surface area contributed by atoms with Crippen molar-refractivity contribution in [3.63, 3.8) is 0 Å². The molecule has 1 aromatic carbocycles. The summed E-state index contributed by atoms with van der Waals surface area (Å²) >= 11 is 0. The predicted octanol–water partition coefficient (Wildman–Crippen LogP) is -1.19. The Morgan fingerprint density at radius 3 is 2.42 bits per heavy atom. The van der Waals surface area contributed by atoms with E-state index in [0.29, 0.717) is 4.90 Å². The van der Waals surface area contributed by atoms with Gasteiger partial charge in [-0.3, -0.25) is 14.4 Å². The van der Waals surface area contributed by atoms with Crippen LogP contribution in [-0.2, 0) is 15.0 Å². The van der Waals surface area contributed by atoms with Crippen molar-refractivity contribution in [2.24, 2.45) is 0 Å². The van der Waals surface area contributed by atoms with Crippen LogP contribution in [0.3, 0.4) is 0 Å². The Bertz CT molecular complexity index is 938. The van der Waals surface area contributed by atoms with Gasteiger partial charge in [0, 0.05) is 12.1 Å². The number of β-lactam (4-membered cyclic amide) rings is 1. The molecule has 2 rings (SSSR count). The number of carbonyl (C=O) groups excluding carboxylic acids is 2. The number of rotatable bonds is 4. The molecule has 4 amide bonds. The van der Waals surface area contributed by atoms with Crippen LogP contribution in [0.2, 0.25) is 0 Å². The summed E-state index contributed by atoms with van der Waals surface area (Å²) in [6.45, 7) is -0.365. The number of nitrogens with one attached hydrogen (secondary N) is 3. The van der Waals surface area contributed by atoms with Crippen LogP contribution in [0.4, 0.5) is 15.3 Å². The molecule has 0 radical (unpaired) electrons. The molecule has 0 aromatic heterocycles. The molecule has 138 valence electrons. The number of phenols is 2. The van der Waals surface area contributed by atoms with Crippen LogP contribution in [0, 0.1) is 11.3 Å². The maximum atomic E-state index is 11.9. The molecule has 1 saturated heterocycles. The summed E-state index contributed by atoms with van der Waals surface area (Å²) in [5.41, 5.74) is -0.771. The third-order valence-electron chi connectivity index (χ3n) is 3.17. The molecule has 1 aliphatic rings. The van der Waals surface area contributed by atoms with E-state index in [9.17, 15) is 33.0 Å². The lowest BCUT2D eigenvalue weighted by atomic mass is 10.1. The zero-order valence-electron chi connectivity index (χ0n) is 12.6. The number of aromatic hydroxyl groups is 2. The lowest BCUT2D eigenvalue weighted by Crippen LogP contribution is -2.67. The first-order chi connectivity index (χ1) is 12.0. The van der Waals surface area contributed by atoms with Crippen molar-refractivity contribution >= 4 is 33.9 Å². The van der Waals surface area contributed by atoms with E-state index in [0.717, 1.165) is 12.1 Å². The topological polar surface area (TPSA) is 209 Å². The zero-order chi connectivity index (χ0) is 19.6. The summed E-state index contributed by atoms with van der Waals surface area (Å²) in [7, 11) is -4.61. The summed E-state index contributed by atoms with van der Waals surface area (Å²) in [5, 5.41) is 37.9. The fraction of sp³-hybridized carbons (Fsp3) is 0.167. The number of hydrogen-bond donors (Lipinski definition) is 6. The summed E-state index contributed by atoms with van der Waals surface area (Å²) < 4.78 is 27.2. The van der Waals surface area contributed by atoms with E-state index >= 15 is 0 Å². The van der Waals surface area contributed by atoms with Crippen LogP contribution < -0.4 is 14.8 Å². The Morgan fingerprint density at radius 2 is 1.88 bits per heavy atom. The highest BCUT2D eigenvalue weighted by molar-refractivity contribution is 7.91. The van der Waals surface area contributed by atoms with Crippen molar-refractivity contribution in [3.8, 4) is 17.6 Å². The summed E-state index contributed by atoms with van der Waals surface area (Å²) in [5.74, 6) is -2.31. The highest BCUT2D eigenvalue weighted by atomic mass is 32.2. The van der Waals surface area contributed by atoms with Gasteiger partial charge in [-0.05, 0) is 0 Å². The number of urea groups is 1. The Kier molecular flexibility index (Phi) is 4.75. The average molecular weight is 385 g/mol. The summed E-state index contributed by atoms with van der Waals surface area (Å²) in [6.07, 6.45) is -1.48. The van der Waals surface area contributed by atoms with E-state index in [1.807, 2.05) is 5.32 Å². The van der Waals surface area contributed by atoms with Crippen molar-refractivity contribution < 1.29 is 38.1 Å². The monoisotopic (exact) mass is 385 g/mol. The number of benzene rings is 1. The van der Waals surface area contributed by atoms with Crippen molar-refractivity contribution in [1.29, 1.82) is 5.26 Å². The molecule has 1 aromatic rings. The Hall–Kier alpha value is -3.73. The molecule has 13 nitrogen and oxygen atoms in total. The van der Waals surface area contributed by atoms with Gasteiger partial charge in [0.05, 0.1) is 17.8 Å². The standard InChI is InChI=1S/C12H11N5O8S/c13-3-5-1-8(18)9(19)2-6(5)15-26(24,25)16-11(21)17-4-7(10(17)20)14-12(22)23/h1-2,7,14-15,18-19H,4H2,(H,16,21)(H,22,23). The minimum absolute atomic E-state index is 0.344. The smallest absolute Gasteiger partial charge is 0.405 e. The van der Waals surface area contributed by atoms with E-state index in [2.05, 4.69) is 0 Å². The van der Waals surface area contributed by atoms with Gasteiger partial charge in [0.25, 0.3) is 5.91 Å². The molecule has 0 aliphatic carbocycles. The number of nitrogens with zero attached hydrogens (tertiary/aromatic N) is 2. The van der Waals surface area contributed by atoms with E-state index in [1.54, 1.807) is 10.8 Å². The van der Waals surface area contributed by atoms with Gasteiger partial charge in [0.1, 0.15) is 12.1 Å². The van der Waals surface area contributed by atoms with E-state index in [-0.39, 0.29) is 12.1 Å². The van der Waals surface area contributed by atoms with Crippen LogP contribution in [0.15, 0.2) is 12.1 Å². The van der Waals surface area contributed by atoms with Crippen LogP contribution in [0.25, 0.3) is 0 Å². The third-order valence-corrected chi connectivity index (χ3v) is 4.11. The van der Waals surface area contributed by atoms with Crippen molar-refractivity contribution in [3.05, 3.63) is 17.7 Å². The molecule has 1 unspecified atom stereocenters. The van der Waals surface area contributed by atoms with Crippen molar-refractivity contribution in [2.45, 2.75) is 6.04 Å². The normalized spacial score (nSPS) is 16.2. The maximum absolute atomic E-state index is 11.9. The zero-order valence-corrected chi connectivity index (χ0v) is 13.4. The van der Waals surface area contributed by atoms with Gasteiger partial charge in [-0.15, -0.1) is 0 Å². The molecule has 1 fully saturated rings. The van der Waals surface area contributed by atoms with Crippen LogP contribution >= 0.6 is 0 Å². The van der Waals surface area contributed by atoms with Crippen LogP contribution in [0.1, 0.15) is 5.56 Å². The van der Waals surface area contributed by atoms with Gasteiger partial charge in [-0.2, -0.15) is 13.7 Å². The van der Waals surface area contributed by atoms with Gasteiger partial charge in [-0.1, -0.05) is 0 Å². The van der Waals surface area contributed by atoms with Gasteiger partial charge < -0.3 is 20.6 Å². The number of anilines is 1. The summed E-state index contributed by atoms with van der Waals surface area (Å²) in [6, 6.07) is 0.628.